The Balaban J connectivity index is 1.78. The highest BCUT2D eigenvalue weighted by molar-refractivity contribution is 5.11. The van der Waals surface area contributed by atoms with E-state index in [2.05, 4.69) is 34.3 Å². The lowest BCUT2D eigenvalue weighted by atomic mass is 9.82. The first-order chi connectivity index (χ1) is 9.73. The maximum absolute atomic E-state index is 5.76. The molecular weight excluding hydrogens is 256 g/mol. The largest absolute Gasteiger partial charge is 0.367 e. The lowest BCUT2D eigenvalue weighted by Crippen LogP contribution is -2.36. The number of rotatable bonds is 4. The first-order valence-corrected chi connectivity index (χ1v) is 7.58. The van der Waals surface area contributed by atoms with E-state index in [-0.39, 0.29) is 11.5 Å². The number of ether oxygens (including phenoxy) is 1. The van der Waals surface area contributed by atoms with E-state index >= 15 is 0 Å². The SMILES string of the molecule is CCCC1(c2nc(C3CN(C)CCO3)no2)CCNC1. The van der Waals surface area contributed by atoms with Crippen LogP contribution in [-0.4, -0.2) is 54.9 Å². The Morgan fingerprint density at radius 1 is 1.50 bits per heavy atom. The van der Waals surface area contributed by atoms with E-state index in [0.717, 1.165) is 57.9 Å². The van der Waals surface area contributed by atoms with Gasteiger partial charge in [0.05, 0.1) is 12.0 Å². The van der Waals surface area contributed by atoms with Crippen LogP contribution < -0.4 is 5.32 Å². The number of aromatic nitrogens is 2. The molecule has 2 fully saturated rings. The van der Waals surface area contributed by atoms with E-state index in [4.69, 9.17) is 9.26 Å². The minimum Gasteiger partial charge on any atom is -0.367 e. The van der Waals surface area contributed by atoms with Crippen LogP contribution in [0.5, 0.6) is 0 Å². The van der Waals surface area contributed by atoms with Crippen LogP contribution in [0.1, 0.15) is 44.0 Å². The number of hydrogen-bond acceptors (Lipinski definition) is 6. The number of likely N-dealkylation sites (N-methyl/N-ethyl adjacent to an activating group) is 1. The molecule has 1 aromatic rings. The van der Waals surface area contributed by atoms with Crippen molar-refractivity contribution in [2.45, 2.75) is 37.7 Å². The third-order valence-corrected chi connectivity index (χ3v) is 4.43. The molecule has 2 atom stereocenters. The fraction of sp³-hybridized carbons (Fsp3) is 0.857. The van der Waals surface area contributed by atoms with Crippen LogP contribution in [-0.2, 0) is 10.2 Å². The molecule has 0 amide bonds. The van der Waals surface area contributed by atoms with Crippen LogP contribution in [0.3, 0.4) is 0 Å². The van der Waals surface area contributed by atoms with Crippen LogP contribution in [0.15, 0.2) is 4.52 Å². The van der Waals surface area contributed by atoms with Crippen molar-refractivity contribution in [3.63, 3.8) is 0 Å². The predicted octanol–water partition coefficient (Wildman–Crippen LogP) is 1.10. The average Bonchev–Trinajstić information content (AvgIpc) is 3.08. The van der Waals surface area contributed by atoms with E-state index in [1.807, 2.05) is 0 Å². The molecule has 20 heavy (non-hydrogen) atoms. The molecule has 0 radical (unpaired) electrons. The lowest BCUT2D eigenvalue weighted by Gasteiger charge is -2.28. The van der Waals surface area contributed by atoms with Gasteiger partial charge >= 0.3 is 0 Å². The number of hydrogen-bond donors (Lipinski definition) is 1. The molecule has 0 aliphatic carbocycles. The van der Waals surface area contributed by atoms with E-state index in [0.29, 0.717) is 5.82 Å². The van der Waals surface area contributed by atoms with Crippen LogP contribution in [0.4, 0.5) is 0 Å². The second-order valence-electron chi connectivity index (χ2n) is 6.04. The van der Waals surface area contributed by atoms with Crippen LogP contribution >= 0.6 is 0 Å². The van der Waals surface area contributed by atoms with Crippen molar-refractivity contribution < 1.29 is 9.26 Å². The highest BCUT2D eigenvalue weighted by Gasteiger charge is 2.40. The summed E-state index contributed by atoms with van der Waals surface area (Å²) in [6.45, 7) is 6.69. The molecule has 0 bridgehead atoms. The molecule has 2 saturated heterocycles. The van der Waals surface area contributed by atoms with Crippen LogP contribution in [0, 0.1) is 0 Å². The highest BCUT2D eigenvalue weighted by atomic mass is 16.5. The smallest absolute Gasteiger partial charge is 0.234 e. The Bertz CT molecular complexity index is 442. The van der Waals surface area contributed by atoms with Gasteiger partial charge < -0.3 is 19.5 Å². The lowest BCUT2D eigenvalue weighted by molar-refractivity contribution is -0.0264. The zero-order valence-corrected chi connectivity index (χ0v) is 12.4. The zero-order valence-electron chi connectivity index (χ0n) is 12.4. The summed E-state index contributed by atoms with van der Waals surface area (Å²) >= 11 is 0. The van der Waals surface area contributed by atoms with Crippen molar-refractivity contribution in [2.24, 2.45) is 0 Å². The summed E-state index contributed by atoms with van der Waals surface area (Å²) in [7, 11) is 2.09. The van der Waals surface area contributed by atoms with Gasteiger partial charge in [-0.1, -0.05) is 18.5 Å². The number of nitrogens with one attached hydrogen (secondary N) is 1. The highest BCUT2D eigenvalue weighted by Crippen LogP contribution is 2.35. The minimum absolute atomic E-state index is 0.0283. The molecule has 3 heterocycles. The zero-order chi connectivity index (χ0) is 14.0. The van der Waals surface area contributed by atoms with E-state index in [9.17, 15) is 0 Å². The molecule has 2 aliphatic rings. The van der Waals surface area contributed by atoms with Crippen molar-refractivity contribution in [2.75, 3.05) is 39.8 Å². The molecule has 6 heteroatoms. The van der Waals surface area contributed by atoms with E-state index in [1.54, 1.807) is 0 Å². The van der Waals surface area contributed by atoms with Gasteiger partial charge in [-0.25, -0.2) is 0 Å². The predicted molar refractivity (Wildman–Crippen MR) is 74.6 cm³/mol. The topological polar surface area (TPSA) is 63.4 Å². The molecule has 3 rings (SSSR count). The van der Waals surface area contributed by atoms with E-state index in [1.165, 1.54) is 0 Å². The van der Waals surface area contributed by atoms with Gasteiger partial charge in [0.1, 0.15) is 6.10 Å². The maximum Gasteiger partial charge on any atom is 0.234 e. The Morgan fingerprint density at radius 2 is 2.40 bits per heavy atom. The third kappa shape index (κ3) is 2.60. The summed E-state index contributed by atoms with van der Waals surface area (Å²) in [6.07, 6.45) is 3.24. The summed E-state index contributed by atoms with van der Waals surface area (Å²) in [5, 5.41) is 7.61. The fourth-order valence-corrected chi connectivity index (χ4v) is 3.24. The van der Waals surface area contributed by atoms with Crippen LogP contribution in [0.2, 0.25) is 0 Å². The average molecular weight is 280 g/mol. The molecule has 6 nitrogen and oxygen atoms in total. The second kappa shape index (κ2) is 5.79. The summed E-state index contributed by atoms with van der Waals surface area (Å²) in [5.41, 5.74) is 0.0283. The summed E-state index contributed by atoms with van der Waals surface area (Å²) in [6, 6.07) is 0. The maximum atomic E-state index is 5.76. The Hall–Kier alpha value is -0.980. The van der Waals surface area contributed by atoms with Gasteiger partial charge in [0.2, 0.25) is 11.7 Å². The van der Waals surface area contributed by atoms with Crippen molar-refractivity contribution in [3.8, 4) is 0 Å². The molecular formula is C14H24N4O2. The standard InChI is InChI=1S/C14H24N4O2/c1-3-4-14(5-6-15-10-14)13-16-12(17-20-13)11-9-18(2)7-8-19-11/h11,15H,3-10H2,1-2H3. The fourth-order valence-electron chi connectivity index (χ4n) is 3.24. The van der Waals surface area contributed by atoms with Gasteiger partial charge in [-0.05, 0) is 26.4 Å². The summed E-state index contributed by atoms with van der Waals surface area (Å²) < 4.78 is 11.4. The monoisotopic (exact) mass is 280 g/mol. The van der Waals surface area contributed by atoms with Gasteiger partial charge in [-0.3, -0.25) is 0 Å². The van der Waals surface area contributed by atoms with Gasteiger partial charge in [0.25, 0.3) is 0 Å². The second-order valence-corrected chi connectivity index (χ2v) is 6.04. The molecule has 0 spiro atoms. The molecule has 2 aliphatic heterocycles. The minimum atomic E-state index is -0.0562. The molecule has 1 N–H and O–H groups in total. The Morgan fingerprint density at radius 3 is 3.10 bits per heavy atom. The third-order valence-electron chi connectivity index (χ3n) is 4.43. The van der Waals surface area contributed by atoms with Gasteiger partial charge in [-0.15, -0.1) is 0 Å². The van der Waals surface area contributed by atoms with Gasteiger partial charge in [-0.2, -0.15) is 4.98 Å². The van der Waals surface area contributed by atoms with Crippen molar-refractivity contribution in [1.29, 1.82) is 0 Å². The number of morpholine rings is 1. The molecule has 2 unspecified atom stereocenters. The Kier molecular flexibility index (Phi) is 4.05. The van der Waals surface area contributed by atoms with Crippen molar-refractivity contribution in [1.82, 2.24) is 20.4 Å². The molecule has 0 aromatic carbocycles. The number of nitrogens with zero attached hydrogens (tertiary/aromatic N) is 3. The summed E-state index contributed by atoms with van der Waals surface area (Å²) in [4.78, 5) is 6.91. The molecule has 1 aromatic heterocycles. The van der Waals surface area contributed by atoms with Crippen LogP contribution in [0.25, 0.3) is 0 Å². The summed E-state index contributed by atoms with van der Waals surface area (Å²) in [5.74, 6) is 1.49. The van der Waals surface area contributed by atoms with Gasteiger partial charge in [0.15, 0.2) is 0 Å². The first-order valence-electron chi connectivity index (χ1n) is 7.58. The Labute approximate surface area is 119 Å². The molecule has 0 saturated carbocycles. The van der Waals surface area contributed by atoms with Crippen molar-refractivity contribution >= 4 is 0 Å². The quantitative estimate of drug-likeness (QED) is 0.891. The van der Waals surface area contributed by atoms with E-state index < -0.39 is 0 Å². The van der Waals surface area contributed by atoms with Gasteiger partial charge in [0, 0.05) is 19.6 Å². The van der Waals surface area contributed by atoms with Crippen molar-refractivity contribution in [3.05, 3.63) is 11.7 Å². The normalized spacial score (nSPS) is 31.8. The molecule has 112 valence electrons. The first kappa shape index (κ1) is 14.0.